The van der Waals surface area contributed by atoms with E-state index in [0.29, 0.717) is 18.4 Å². The summed E-state index contributed by atoms with van der Waals surface area (Å²) < 4.78 is 26.4. The standard InChI is InChI=1S/C31H34N2O6S/c1-21-19-33(29(40)32-28(21)35)27-18-25(34)26(39-27)20-38-31(22-10-6-4-7-11-22,23-12-8-5-9-13-23)24-14-16-30(36-2,37-3)17-15-24/h4-16,19,25-27,34H,17-18,20H2,1-3H3,(H,32,35,40)/t25-,26+,27+/m0/s1. The van der Waals surface area contributed by atoms with Crippen LogP contribution in [-0.4, -0.2) is 53.5 Å². The minimum Gasteiger partial charge on any atom is -0.390 e. The van der Waals surface area contributed by atoms with E-state index in [1.165, 1.54) is 0 Å². The Labute approximate surface area is 238 Å². The number of aromatic nitrogens is 2. The van der Waals surface area contributed by atoms with E-state index < -0.39 is 29.8 Å². The van der Waals surface area contributed by atoms with E-state index in [1.807, 2.05) is 72.8 Å². The van der Waals surface area contributed by atoms with Gasteiger partial charge in [0, 0.05) is 38.8 Å². The van der Waals surface area contributed by atoms with Gasteiger partial charge < -0.3 is 24.1 Å². The van der Waals surface area contributed by atoms with Crippen LogP contribution in [0.3, 0.4) is 0 Å². The van der Waals surface area contributed by atoms with E-state index in [2.05, 4.69) is 11.1 Å². The smallest absolute Gasteiger partial charge is 0.254 e. The lowest BCUT2D eigenvalue weighted by atomic mass is 9.77. The Kier molecular flexibility index (Phi) is 8.32. The van der Waals surface area contributed by atoms with Crippen LogP contribution in [0, 0.1) is 11.7 Å². The summed E-state index contributed by atoms with van der Waals surface area (Å²) in [5.74, 6) is -0.853. The van der Waals surface area contributed by atoms with Gasteiger partial charge >= 0.3 is 0 Å². The van der Waals surface area contributed by atoms with Crippen molar-refractivity contribution in [3.63, 3.8) is 0 Å². The topological polar surface area (TPSA) is 94.9 Å². The molecule has 2 aromatic carbocycles. The van der Waals surface area contributed by atoms with Gasteiger partial charge in [-0.15, -0.1) is 0 Å². The van der Waals surface area contributed by atoms with Crippen LogP contribution < -0.4 is 5.56 Å². The first kappa shape index (κ1) is 28.4. The lowest BCUT2D eigenvalue weighted by Crippen LogP contribution is -2.40. The first-order valence-corrected chi connectivity index (χ1v) is 13.6. The van der Waals surface area contributed by atoms with Crippen LogP contribution in [0.1, 0.15) is 35.8 Å². The van der Waals surface area contributed by atoms with Crippen molar-refractivity contribution in [1.82, 2.24) is 9.55 Å². The van der Waals surface area contributed by atoms with E-state index in [-0.39, 0.29) is 16.9 Å². The Morgan fingerprint density at radius 3 is 2.27 bits per heavy atom. The van der Waals surface area contributed by atoms with Gasteiger partial charge in [0.1, 0.15) is 17.9 Å². The molecule has 1 aromatic heterocycles. The number of aliphatic hydroxyl groups excluding tert-OH is 1. The third-order valence-corrected chi connectivity index (χ3v) is 8.02. The second kappa shape index (κ2) is 11.7. The second-order valence-electron chi connectivity index (χ2n) is 10.1. The summed E-state index contributed by atoms with van der Waals surface area (Å²) in [6, 6.07) is 20.0. The molecule has 3 aromatic rings. The summed E-state index contributed by atoms with van der Waals surface area (Å²) >= 11 is 5.37. The summed E-state index contributed by atoms with van der Waals surface area (Å²) in [5.41, 5.74) is 2.05. The number of H-pyrrole nitrogens is 1. The summed E-state index contributed by atoms with van der Waals surface area (Å²) in [6.45, 7) is 1.80. The highest BCUT2D eigenvalue weighted by Crippen LogP contribution is 2.44. The molecule has 0 saturated carbocycles. The maximum atomic E-state index is 12.0. The fourth-order valence-corrected chi connectivity index (χ4v) is 5.65. The zero-order valence-corrected chi connectivity index (χ0v) is 23.6. The third-order valence-electron chi connectivity index (χ3n) is 7.71. The van der Waals surface area contributed by atoms with Gasteiger partial charge in [-0.25, -0.2) is 0 Å². The number of aryl methyl sites for hydroxylation is 1. The fourth-order valence-electron chi connectivity index (χ4n) is 5.39. The number of hydrogen-bond acceptors (Lipinski definition) is 7. The number of nitrogens with one attached hydrogen (secondary N) is 1. The van der Waals surface area contributed by atoms with Gasteiger partial charge in [0.25, 0.3) is 5.56 Å². The highest BCUT2D eigenvalue weighted by Gasteiger charge is 2.44. The molecule has 0 bridgehead atoms. The van der Waals surface area contributed by atoms with E-state index in [4.69, 9.17) is 31.2 Å². The Morgan fingerprint density at radius 1 is 1.10 bits per heavy atom. The minimum absolute atomic E-state index is 0.0992. The summed E-state index contributed by atoms with van der Waals surface area (Å²) in [4.78, 5) is 14.6. The average Bonchev–Trinajstić information content (AvgIpc) is 3.36. The lowest BCUT2D eigenvalue weighted by molar-refractivity contribution is -0.168. The first-order valence-electron chi connectivity index (χ1n) is 13.2. The number of methoxy groups -OCH3 is 2. The van der Waals surface area contributed by atoms with E-state index in [9.17, 15) is 9.90 Å². The molecule has 9 heteroatoms. The van der Waals surface area contributed by atoms with Crippen molar-refractivity contribution in [3.05, 3.63) is 122 Å². The zero-order chi connectivity index (χ0) is 28.3. The third kappa shape index (κ3) is 5.28. The number of rotatable bonds is 9. The van der Waals surface area contributed by atoms with Gasteiger partial charge in [-0.05, 0) is 41.9 Å². The molecule has 2 aliphatic rings. The van der Waals surface area contributed by atoms with Crippen molar-refractivity contribution in [2.24, 2.45) is 0 Å². The number of benzene rings is 2. The number of ether oxygens (including phenoxy) is 4. The molecule has 3 atom stereocenters. The quantitative estimate of drug-likeness (QED) is 0.288. The Hall–Kier alpha value is -3.18. The van der Waals surface area contributed by atoms with Crippen LogP contribution in [0.4, 0.5) is 0 Å². The van der Waals surface area contributed by atoms with Crippen molar-refractivity contribution >= 4 is 12.2 Å². The normalized spacial score (nSPS) is 22.3. The monoisotopic (exact) mass is 562 g/mol. The molecular weight excluding hydrogens is 528 g/mol. The van der Waals surface area contributed by atoms with E-state index >= 15 is 0 Å². The molecule has 0 unspecified atom stereocenters. The zero-order valence-electron chi connectivity index (χ0n) is 22.8. The van der Waals surface area contributed by atoms with E-state index in [1.54, 1.807) is 31.9 Å². The second-order valence-corrected chi connectivity index (χ2v) is 10.4. The molecule has 2 N–H and O–H groups in total. The molecule has 2 heterocycles. The molecule has 0 amide bonds. The highest BCUT2D eigenvalue weighted by molar-refractivity contribution is 7.71. The summed E-state index contributed by atoms with van der Waals surface area (Å²) in [6.07, 6.45) is 6.46. The maximum Gasteiger partial charge on any atom is 0.254 e. The van der Waals surface area contributed by atoms with Crippen molar-refractivity contribution in [3.8, 4) is 0 Å². The van der Waals surface area contributed by atoms with Gasteiger partial charge in [0.05, 0.1) is 12.7 Å². The van der Waals surface area contributed by atoms with E-state index in [0.717, 1.165) is 16.7 Å². The number of aromatic amines is 1. The van der Waals surface area contributed by atoms with Crippen LogP contribution >= 0.6 is 12.2 Å². The molecular formula is C31H34N2O6S. The molecule has 0 spiro atoms. The van der Waals surface area contributed by atoms with Crippen molar-refractivity contribution in [1.29, 1.82) is 0 Å². The molecule has 1 fully saturated rings. The predicted octanol–water partition coefficient (Wildman–Crippen LogP) is 4.70. The minimum atomic E-state index is -1.00. The van der Waals surface area contributed by atoms with Crippen LogP contribution in [0.25, 0.3) is 0 Å². The summed E-state index contributed by atoms with van der Waals surface area (Å²) in [5, 5.41) is 11.0. The first-order chi connectivity index (χ1) is 19.3. The van der Waals surface area contributed by atoms with Crippen LogP contribution in [0.15, 0.2) is 95.5 Å². The Bertz CT molecular complexity index is 1450. The van der Waals surface area contributed by atoms with Crippen LogP contribution in [0.5, 0.6) is 0 Å². The van der Waals surface area contributed by atoms with Gasteiger partial charge in [-0.3, -0.25) is 14.3 Å². The number of aliphatic hydroxyl groups is 1. The Morgan fingerprint density at radius 2 is 1.73 bits per heavy atom. The van der Waals surface area contributed by atoms with Gasteiger partial charge in [0.2, 0.25) is 0 Å². The number of nitrogens with zero attached hydrogens (tertiary/aromatic N) is 1. The largest absolute Gasteiger partial charge is 0.390 e. The highest BCUT2D eigenvalue weighted by atomic mass is 32.1. The fraction of sp³-hybridized carbons (Fsp3) is 0.355. The van der Waals surface area contributed by atoms with Gasteiger partial charge in [-0.2, -0.15) is 0 Å². The molecule has 1 saturated heterocycles. The summed E-state index contributed by atoms with van der Waals surface area (Å²) in [7, 11) is 3.24. The van der Waals surface area contributed by atoms with Crippen molar-refractivity contribution < 1.29 is 24.1 Å². The van der Waals surface area contributed by atoms with Gasteiger partial charge in [-0.1, -0.05) is 72.8 Å². The van der Waals surface area contributed by atoms with Gasteiger partial charge in [0.15, 0.2) is 10.6 Å². The lowest BCUT2D eigenvalue weighted by Gasteiger charge is -2.40. The van der Waals surface area contributed by atoms with Crippen molar-refractivity contribution in [2.75, 3.05) is 20.8 Å². The number of hydrogen-bond donors (Lipinski definition) is 2. The molecule has 1 aliphatic heterocycles. The molecule has 1 aliphatic carbocycles. The SMILES string of the molecule is COC1(OC)C=CC(C(OC[C@H]2O[C@@H](n3cc(C)c(=O)[nH]c3=S)C[C@@H]2O)(c2ccccc2)c2ccccc2)=CC1. The van der Waals surface area contributed by atoms with Crippen molar-refractivity contribution in [2.45, 2.75) is 49.6 Å². The maximum absolute atomic E-state index is 12.0. The Balaban J connectivity index is 1.51. The molecule has 0 radical (unpaired) electrons. The molecule has 210 valence electrons. The van der Waals surface area contributed by atoms with Crippen LogP contribution in [-0.2, 0) is 24.5 Å². The molecule has 40 heavy (non-hydrogen) atoms. The molecule has 5 rings (SSSR count). The van der Waals surface area contributed by atoms with Crippen LogP contribution in [0.2, 0.25) is 0 Å². The predicted molar refractivity (Wildman–Crippen MR) is 153 cm³/mol. The molecule has 8 nitrogen and oxygen atoms in total. The average molecular weight is 563 g/mol.